The number of aliphatic hydroxyl groups is 2. The topological polar surface area (TPSA) is 82.5 Å². The van der Waals surface area contributed by atoms with E-state index in [1.54, 1.807) is 0 Å². The highest BCUT2D eigenvalue weighted by atomic mass is 16.5. The minimum atomic E-state index is -1.09. The fourth-order valence-electron chi connectivity index (χ4n) is 1.25. The summed E-state index contributed by atoms with van der Waals surface area (Å²) in [6, 6.07) is -0.561. The molecule has 0 fully saturated rings. The van der Waals surface area contributed by atoms with Gasteiger partial charge in [0.25, 0.3) is 0 Å². The first-order chi connectivity index (χ1) is 7.45. The Morgan fingerprint density at radius 1 is 1.12 bits per heavy atom. The lowest BCUT2D eigenvalue weighted by atomic mass is 10.4. The molecule has 7 nitrogen and oxygen atoms in total. The fourth-order valence-corrected chi connectivity index (χ4v) is 1.25. The third-order valence-corrected chi connectivity index (χ3v) is 1.87. The average Bonchev–Trinajstić information content (AvgIpc) is 2.16. The third kappa shape index (κ3) is 4.31. The molecule has 0 radical (unpaired) electrons. The quantitative estimate of drug-likeness (QED) is 0.613. The lowest BCUT2D eigenvalue weighted by Gasteiger charge is -2.33. The molecule has 7 heteroatoms. The van der Waals surface area contributed by atoms with Crippen molar-refractivity contribution in [1.29, 1.82) is 0 Å². The molecule has 16 heavy (non-hydrogen) atoms. The minimum Gasteiger partial charge on any atom is -0.374 e. The maximum absolute atomic E-state index is 11.9. The van der Waals surface area contributed by atoms with Crippen LogP contribution in [0.5, 0.6) is 0 Å². The number of rotatable bonds is 6. The van der Waals surface area contributed by atoms with Gasteiger partial charge in [0.05, 0.1) is 0 Å². The number of aliphatic hydroxyl groups excluding tert-OH is 2. The van der Waals surface area contributed by atoms with E-state index in [1.807, 2.05) is 0 Å². The van der Waals surface area contributed by atoms with E-state index in [-0.39, 0.29) is 13.5 Å². The summed E-state index contributed by atoms with van der Waals surface area (Å²) < 4.78 is 9.64. The number of carbonyl (C=O) groups is 1. The first-order valence-electron chi connectivity index (χ1n) is 4.87. The van der Waals surface area contributed by atoms with Crippen LogP contribution >= 0.6 is 0 Å². The van der Waals surface area contributed by atoms with Gasteiger partial charge in [0, 0.05) is 14.2 Å². The molecule has 2 unspecified atom stereocenters. The van der Waals surface area contributed by atoms with Crippen LogP contribution in [0.1, 0.15) is 13.8 Å². The molecule has 96 valence electrons. The van der Waals surface area contributed by atoms with Crippen LogP contribution in [0.3, 0.4) is 0 Å². The molecule has 0 spiro atoms. The van der Waals surface area contributed by atoms with E-state index in [9.17, 15) is 15.0 Å². The highest BCUT2D eigenvalue weighted by Gasteiger charge is 2.27. The van der Waals surface area contributed by atoms with E-state index in [0.717, 1.165) is 4.90 Å². The van der Waals surface area contributed by atoms with Crippen molar-refractivity contribution in [3.05, 3.63) is 0 Å². The molecule has 2 N–H and O–H groups in total. The molecule has 0 aromatic heterocycles. The smallest absolute Gasteiger partial charge is 0.327 e. The molecule has 0 rings (SSSR count). The molecule has 0 aromatic rings. The second kappa shape index (κ2) is 7.39. The molecule has 0 saturated carbocycles. The number of nitrogens with zero attached hydrogens (tertiary/aromatic N) is 2. The van der Waals surface area contributed by atoms with Gasteiger partial charge >= 0.3 is 6.03 Å². The Bertz CT molecular complexity index is 196. The molecule has 2 amide bonds. The molecule has 0 bridgehead atoms. The monoisotopic (exact) mass is 236 g/mol. The first kappa shape index (κ1) is 15.1. The van der Waals surface area contributed by atoms with Crippen molar-refractivity contribution in [3.8, 4) is 0 Å². The van der Waals surface area contributed by atoms with Crippen LogP contribution in [-0.2, 0) is 9.47 Å². The van der Waals surface area contributed by atoms with Crippen molar-refractivity contribution in [2.75, 3.05) is 27.7 Å². The number of methoxy groups -OCH3 is 2. The Labute approximate surface area is 95.2 Å². The van der Waals surface area contributed by atoms with Crippen molar-refractivity contribution in [2.24, 2.45) is 0 Å². The van der Waals surface area contributed by atoms with Crippen molar-refractivity contribution >= 4 is 6.03 Å². The van der Waals surface area contributed by atoms with Gasteiger partial charge in [-0.25, -0.2) is 4.79 Å². The molecule has 0 aliphatic heterocycles. The number of ether oxygens (including phenoxy) is 2. The summed E-state index contributed by atoms with van der Waals surface area (Å²) in [5, 5.41) is 18.8. The van der Waals surface area contributed by atoms with E-state index in [1.165, 1.54) is 33.0 Å². The fraction of sp³-hybridized carbons (Fsp3) is 0.889. The van der Waals surface area contributed by atoms with Gasteiger partial charge in [-0.05, 0) is 13.8 Å². The molecule has 0 saturated heterocycles. The maximum atomic E-state index is 11.9. The van der Waals surface area contributed by atoms with Crippen LogP contribution in [-0.4, -0.2) is 66.2 Å². The SMILES string of the molecule is COCN(COC)C(=O)N(C(C)O)C(C)O. The zero-order valence-corrected chi connectivity index (χ0v) is 10.1. The third-order valence-electron chi connectivity index (χ3n) is 1.87. The summed E-state index contributed by atoms with van der Waals surface area (Å²) in [6.07, 6.45) is -2.19. The van der Waals surface area contributed by atoms with Crippen LogP contribution in [0.4, 0.5) is 4.79 Å². The van der Waals surface area contributed by atoms with Crippen LogP contribution < -0.4 is 0 Å². The standard InChI is InChI=1S/C9H20N2O5/c1-7(12)11(8(2)13)9(14)10(5-15-3)6-16-4/h7-8,12-13H,5-6H2,1-4H3. The average molecular weight is 236 g/mol. The van der Waals surface area contributed by atoms with Crippen LogP contribution in [0.25, 0.3) is 0 Å². The van der Waals surface area contributed by atoms with Gasteiger partial charge in [0.1, 0.15) is 25.9 Å². The van der Waals surface area contributed by atoms with Gasteiger partial charge < -0.3 is 19.7 Å². The Hall–Kier alpha value is -0.890. The molecular formula is C9H20N2O5. The molecule has 2 atom stereocenters. The van der Waals surface area contributed by atoms with Gasteiger partial charge in [-0.15, -0.1) is 0 Å². The highest BCUT2D eigenvalue weighted by molar-refractivity contribution is 5.74. The van der Waals surface area contributed by atoms with Crippen molar-refractivity contribution in [2.45, 2.75) is 26.3 Å². The van der Waals surface area contributed by atoms with Crippen molar-refractivity contribution in [3.63, 3.8) is 0 Å². The Morgan fingerprint density at radius 3 is 1.75 bits per heavy atom. The maximum Gasteiger partial charge on any atom is 0.327 e. The molecule has 0 aliphatic carbocycles. The van der Waals surface area contributed by atoms with E-state index in [2.05, 4.69) is 0 Å². The van der Waals surface area contributed by atoms with Crippen molar-refractivity contribution < 1.29 is 24.5 Å². The number of urea groups is 1. The second-order valence-corrected chi connectivity index (χ2v) is 3.33. The Morgan fingerprint density at radius 2 is 1.50 bits per heavy atom. The van der Waals surface area contributed by atoms with Gasteiger partial charge in [-0.3, -0.25) is 9.80 Å². The second-order valence-electron chi connectivity index (χ2n) is 3.33. The summed E-state index contributed by atoms with van der Waals surface area (Å²) in [5.41, 5.74) is 0. The molecule has 0 heterocycles. The summed E-state index contributed by atoms with van der Waals surface area (Å²) >= 11 is 0. The summed E-state index contributed by atoms with van der Waals surface area (Å²) in [4.78, 5) is 14.0. The normalized spacial score (nSPS) is 14.4. The summed E-state index contributed by atoms with van der Waals surface area (Å²) in [6.45, 7) is 2.82. The largest absolute Gasteiger partial charge is 0.374 e. The van der Waals surface area contributed by atoms with Crippen LogP contribution in [0.2, 0.25) is 0 Å². The lowest BCUT2D eigenvalue weighted by molar-refractivity contribution is -0.0770. The Balaban J connectivity index is 4.66. The zero-order valence-electron chi connectivity index (χ0n) is 10.1. The number of hydrogen-bond acceptors (Lipinski definition) is 5. The number of carbonyl (C=O) groups excluding carboxylic acids is 1. The van der Waals surface area contributed by atoms with Crippen molar-refractivity contribution in [1.82, 2.24) is 9.80 Å². The lowest BCUT2D eigenvalue weighted by Crippen LogP contribution is -2.52. The zero-order chi connectivity index (χ0) is 12.7. The van der Waals surface area contributed by atoms with Gasteiger partial charge in [0.15, 0.2) is 0 Å². The first-order valence-corrected chi connectivity index (χ1v) is 4.87. The van der Waals surface area contributed by atoms with Gasteiger partial charge in [-0.2, -0.15) is 0 Å². The number of amides is 2. The predicted octanol–water partition coefficient (Wildman–Crippen LogP) is -0.405. The summed E-state index contributed by atoms with van der Waals surface area (Å²) in [5.74, 6) is 0. The molecule has 0 aliphatic rings. The number of hydrogen-bond donors (Lipinski definition) is 2. The highest BCUT2D eigenvalue weighted by Crippen LogP contribution is 2.07. The molecular weight excluding hydrogens is 216 g/mol. The Kier molecular flexibility index (Phi) is 6.98. The van der Waals surface area contributed by atoms with Gasteiger partial charge in [-0.1, -0.05) is 0 Å². The summed E-state index contributed by atoms with van der Waals surface area (Å²) in [7, 11) is 2.87. The predicted molar refractivity (Wildman–Crippen MR) is 56.2 cm³/mol. The minimum absolute atomic E-state index is 0.0165. The molecule has 0 aromatic carbocycles. The van der Waals surface area contributed by atoms with Crippen LogP contribution in [0, 0.1) is 0 Å². The van der Waals surface area contributed by atoms with E-state index in [4.69, 9.17) is 9.47 Å². The van der Waals surface area contributed by atoms with Crippen LogP contribution in [0.15, 0.2) is 0 Å². The van der Waals surface area contributed by atoms with E-state index in [0.29, 0.717) is 0 Å². The van der Waals surface area contributed by atoms with E-state index < -0.39 is 18.5 Å². The van der Waals surface area contributed by atoms with Gasteiger partial charge in [0.2, 0.25) is 0 Å². The van der Waals surface area contributed by atoms with E-state index >= 15 is 0 Å².